The fourth-order valence-corrected chi connectivity index (χ4v) is 3.72. The van der Waals surface area contributed by atoms with Crippen molar-refractivity contribution in [2.75, 3.05) is 5.32 Å². The summed E-state index contributed by atoms with van der Waals surface area (Å²) in [6.07, 6.45) is -10.7. The summed E-state index contributed by atoms with van der Waals surface area (Å²) in [5, 5.41) is 21.4. The molecule has 1 amide bonds. The molecule has 3 atom stereocenters. The van der Waals surface area contributed by atoms with Crippen LogP contribution in [-0.2, 0) is 11.0 Å². The number of carbonyl (C=O) groups excluding carboxylic acids is 1. The molecule has 3 unspecified atom stereocenters. The first-order valence-electron chi connectivity index (χ1n) is 9.40. The van der Waals surface area contributed by atoms with Gasteiger partial charge in [-0.05, 0) is 36.2 Å². The van der Waals surface area contributed by atoms with Gasteiger partial charge < -0.3 is 5.32 Å². The number of hydrogen-bond donors (Lipinski definition) is 2. The van der Waals surface area contributed by atoms with E-state index in [2.05, 4.69) is 0 Å². The first kappa shape index (κ1) is 24.9. The molecule has 178 valence electrons. The minimum Gasteiger partial charge on any atom is -0.320 e. The van der Waals surface area contributed by atoms with E-state index in [9.17, 15) is 39.9 Å². The highest BCUT2D eigenvalue weighted by molar-refractivity contribution is 5.95. The molecule has 0 radical (unpaired) electrons. The molecule has 1 aliphatic rings. The summed E-state index contributed by atoms with van der Waals surface area (Å²) in [7, 11) is 0. The average Bonchev–Trinajstić information content (AvgIpc) is 3.21. The minimum absolute atomic E-state index is 0.398. The van der Waals surface area contributed by atoms with Gasteiger partial charge >= 0.3 is 12.4 Å². The number of hydrogen-bond acceptors (Lipinski definition) is 4. The van der Waals surface area contributed by atoms with Gasteiger partial charge in [0, 0.05) is 5.92 Å². The topological polar surface area (TPSA) is 88.7 Å². The van der Waals surface area contributed by atoms with Gasteiger partial charge in [-0.2, -0.15) is 36.9 Å². The van der Waals surface area contributed by atoms with E-state index in [4.69, 9.17) is 10.5 Å². The molecule has 0 spiro atoms. The third kappa shape index (κ3) is 4.94. The first-order valence-corrected chi connectivity index (χ1v) is 9.40. The quantitative estimate of drug-likeness (QED) is 0.611. The Kier molecular flexibility index (Phi) is 6.53. The van der Waals surface area contributed by atoms with Crippen molar-refractivity contribution in [3.8, 4) is 12.1 Å². The number of alkyl halides is 6. The molecular formula is C21H12F8N4O. The van der Waals surface area contributed by atoms with E-state index >= 15 is 0 Å². The van der Waals surface area contributed by atoms with E-state index in [1.54, 1.807) is 0 Å². The molecule has 13 heteroatoms. The smallest absolute Gasteiger partial charge is 0.320 e. The Labute approximate surface area is 186 Å². The van der Waals surface area contributed by atoms with Gasteiger partial charge in [-0.15, -0.1) is 0 Å². The Morgan fingerprint density at radius 3 is 2.12 bits per heavy atom. The van der Waals surface area contributed by atoms with E-state index < -0.39 is 82.3 Å². The van der Waals surface area contributed by atoms with Gasteiger partial charge in [0.15, 0.2) is 11.6 Å². The largest absolute Gasteiger partial charge is 0.417 e. The van der Waals surface area contributed by atoms with Crippen LogP contribution in [0.5, 0.6) is 0 Å². The van der Waals surface area contributed by atoms with Crippen molar-refractivity contribution >= 4 is 11.6 Å². The number of halogens is 8. The van der Waals surface area contributed by atoms with Gasteiger partial charge in [-0.25, -0.2) is 8.78 Å². The predicted octanol–water partition coefficient (Wildman–Crippen LogP) is 4.74. The summed E-state index contributed by atoms with van der Waals surface area (Å²) in [6.45, 7) is 0. The Bertz CT molecular complexity index is 1190. The Balaban J connectivity index is 1.93. The fraction of sp³-hybridized carbons (Fsp3) is 0.286. The number of nitriles is 2. The molecule has 0 bridgehead atoms. The average molecular weight is 488 g/mol. The van der Waals surface area contributed by atoms with Crippen LogP contribution >= 0.6 is 0 Å². The van der Waals surface area contributed by atoms with Gasteiger partial charge in [-0.1, -0.05) is 6.07 Å². The summed E-state index contributed by atoms with van der Waals surface area (Å²) >= 11 is 0. The van der Waals surface area contributed by atoms with Crippen LogP contribution in [0.3, 0.4) is 0 Å². The standard InChI is InChI=1S/C21H12F8N4O/c22-14-3-9(7-30)4-15(23)17(14)33-19(34)16-6-12(18(32-16)21(27,28)29)10-1-2-11(8-31)13(5-10)20(24,25)26/h1-5,12,16,18,32H,6H2,(H,33,34). The van der Waals surface area contributed by atoms with Crippen molar-refractivity contribution in [2.45, 2.75) is 36.8 Å². The zero-order valence-electron chi connectivity index (χ0n) is 16.7. The zero-order chi connectivity index (χ0) is 25.4. The molecule has 0 saturated carbocycles. The van der Waals surface area contributed by atoms with Crippen molar-refractivity contribution in [3.63, 3.8) is 0 Å². The van der Waals surface area contributed by atoms with Gasteiger partial charge in [0.2, 0.25) is 5.91 Å². The van der Waals surface area contributed by atoms with Crippen LogP contribution in [-0.4, -0.2) is 24.2 Å². The lowest BCUT2D eigenvalue weighted by Gasteiger charge is -2.23. The maximum Gasteiger partial charge on any atom is 0.417 e. The SMILES string of the molecule is N#Cc1cc(F)c(NC(=O)C2CC(c3ccc(C#N)c(C(F)(F)F)c3)C(C(F)(F)F)N2)c(F)c1. The molecule has 5 nitrogen and oxygen atoms in total. The van der Waals surface area contributed by atoms with Crippen LogP contribution in [0.25, 0.3) is 0 Å². The number of nitrogens with one attached hydrogen (secondary N) is 2. The Hall–Kier alpha value is -3.71. The molecule has 1 aliphatic heterocycles. The second-order valence-electron chi connectivity index (χ2n) is 7.41. The fourth-order valence-electron chi connectivity index (χ4n) is 3.72. The molecule has 2 aromatic carbocycles. The Morgan fingerprint density at radius 1 is 1.00 bits per heavy atom. The first-order chi connectivity index (χ1) is 15.8. The summed E-state index contributed by atoms with van der Waals surface area (Å²) in [6, 6.07) is 1.99. The van der Waals surface area contributed by atoms with Gasteiger partial charge in [-0.3, -0.25) is 10.1 Å². The van der Waals surface area contributed by atoms with E-state index in [1.807, 2.05) is 10.6 Å². The van der Waals surface area contributed by atoms with Crippen LogP contribution in [0, 0.1) is 34.3 Å². The van der Waals surface area contributed by atoms with Gasteiger partial charge in [0.1, 0.15) is 11.7 Å². The number of nitrogens with zero attached hydrogens (tertiary/aromatic N) is 2. The highest BCUT2D eigenvalue weighted by atomic mass is 19.4. The maximum absolute atomic E-state index is 14.0. The highest BCUT2D eigenvalue weighted by Gasteiger charge is 2.52. The van der Waals surface area contributed by atoms with Crippen molar-refractivity contribution in [3.05, 3.63) is 64.2 Å². The van der Waals surface area contributed by atoms with E-state index in [-0.39, 0.29) is 0 Å². The summed E-state index contributed by atoms with van der Waals surface area (Å²) < 4.78 is 109. The van der Waals surface area contributed by atoms with Crippen LogP contribution in [0.2, 0.25) is 0 Å². The maximum atomic E-state index is 14.0. The number of anilines is 1. The van der Waals surface area contributed by atoms with Crippen LogP contribution in [0.4, 0.5) is 40.8 Å². The minimum atomic E-state index is -5.01. The molecule has 0 aliphatic carbocycles. The van der Waals surface area contributed by atoms with Gasteiger partial charge in [0.25, 0.3) is 0 Å². The molecule has 3 rings (SSSR count). The van der Waals surface area contributed by atoms with E-state index in [0.717, 1.165) is 12.1 Å². The second-order valence-corrected chi connectivity index (χ2v) is 7.41. The van der Waals surface area contributed by atoms with Crippen LogP contribution in [0.1, 0.15) is 34.6 Å². The molecule has 34 heavy (non-hydrogen) atoms. The monoisotopic (exact) mass is 488 g/mol. The molecule has 1 fully saturated rings. The third-order valence-electron chi connectivity index (χ3n) is 5.26. The predicted molar refractivity (Wildman–Crippen MR) is 100.0 cm³/mol. The number of amides is 1. The molecular weight excluding hydrogens is 476 g/mol. The molecule has 1 saturated heterocycles. The molecule has 2 aromatic rings. The summed E-state index contributed by atoms with van der Waals surface area (Å²) in [4.78, 5) is 12.5. The van der Waals surface area contributed by atoms with Crippen LogP contribution in [0.15, 0.2) is 30.3 Å². The summed E-state index contributed by atoms with van der Waals surface area (Å²) in [5.41, 5.74) is -4.02. The third-order valence-corrected chi connectivity index (χ3v) is 5.26. The number of carbonyl (C=O) groups is 1. The number of rotatable bonds is 3. The van der Waals surface area contributed by atoms with E-state index in [1.165, 1.54) is 12.1 Å². The van der Waals surface area contributed by atoms with E-state index in [0.29, 0.717) is 18.2 Å². The van der Waals surface area contributed by atoms with Crippen LogP contribution < -0.4 is 10.6 Å². The van der Waals surface area contributed by atoms with Crippen molar-refractivity contribution in [1.29, 1.82) is 10.5 Å². The van der Waals surface area contributed by atoms with Gasteiger partial charge in [0.05, 0.1) is 34.9 Å². The Morgan fingerprint density at radius 2 is 1.62 bits per heavy atom. The van der Waals surface area contributed by atoms with Crippen molar-refractivity contribution in [2.24, 2.45) is 0 Å². The van der Waals surface area contributed by atoms with Crippen molar-refractivity contribution < 1.29 is 39.9 Å². The van der Waals surface area contributed by atoms with Crippen molar-refractivity contribution in [1.82, 2.24) is 5.32 Å². The normalized spacial score (nSPS) is 20.5. The summed E-state index contributed by atoms with van der Waals surface area (Å²) in [5.74, 6) is -5.60. The second kappa shape index (κ2) is 8.91. The molecule has 0 aromatic heterocycles. The lowest BCUT2D eigenvalue weighted by molar-refractivity contribution is -0.156. The highest BCUT2D eigenvalue weighted by Crippen LogP contribution is 2.42. The number of benzene rings is 2. The molecule has 1 heterocycles. The lowest BCUT2D eigenvalue weighted by atomic mass is 9.88. The molecule has 2 N–H and O–H groups in total. The zero-order valence-corrected chi connectivity index (χ0v) is 16.7. The lowest BCUT2D eigenvalue weighted by Crippen LogP contribution is -2.46.